The summed E-state index contributed by atoms with van der Waals surface area (Å²) in [5.41, 5.74) is 1.04. The number of fused-ring (bicyclic) bond motifs is 1. The summed E-state index contributed by atoms with van der Waals surface area (Å²) in [6, 6.07) is 7.77. The normalized spacial score (nSPS) is 25.8. The Kier molecular flexibility index (Phi) is 4.95. The lowest BCUT2D eigenvalue weighted by atomic mass is 10.1. The number of aromatic nitrogens is 4. The molecule has 4 atom stereocenters. The molecule has 8 nitrogen and oxygen atoms in total. The second kappa shape index (κ2) is 7.22. The number of rotatable bonds is 4. The van der Waals surface area contributed by atoms with Crippen LogP contribution in [0.15, 0.2) is 51.3 Å². The molecule has 2 aromatic heterocycles. The van der Waals surface area contributed by atoms with E-state index in [4.69, 9.17) is 4.74 Å². The molecular weight excluding hydrogens is 424 g/mol. The fourth-order valence-electron chi connectivity index (χ4n) is 2.83. The third-order valence-corrected chi connectivity index (χ3v) is 6.18. The highest BCUT2D eigenvalue weighted by atomic mass is 79.9. The summed E-state index contributed by atoms with van der Waals surface area (Å²) >= 11 is 4.95. The summed E-state index contributed by atoms with van der Waals surface area (Å²) in [6.45, 7) is -0.389. The van der Waals surface area contributed by atoms with Gasteiger partial charge in [-0.3, -0.25) is 4.57 Å². The first kappa shape index (κ1) is 17.8. The van der Waals surface area contributed by atoms with Crippen molar-refractivity contribution in [3.05, 3.63) is 41.4 Å². The Bertz CT molecular complexity index is 940. The molecule has 0 saturated carbocycles. The van der Waals surface area contributed by atoms with E-state index in [1.165, 1.54) is 24.4 Å². The molecular formula is C16H15BrN4O4S. The van der Waals surface area contributed by atoms with Crippen molar-refractivity contribution >= 4 is 38.9 Å². The van der Waals surface area contributed by atoms with E-state index < -0.39 is 24.5 Å². The topological polar surface area (TPSA) is 114 Å². The molecule has 3 aromatic rings. The van der Waals surface area contributed by atoms with Gasteiger partial charge in [-0.25, -0.2) is 15.0 Å². The number of hydrogen-bond acceptors (Lipinski definition) is 8. The summed E-state index contributed by atoms with van der Waals surface area (Å²) in [7, 11) is 0. The first-order chi connectivity index (χ1) is 12.6. The van der Waals surface area contributed by atoms with Crippen LogP contribution in [0.2, 0.25) is 0 Å². The average Bonchev–Trinajstić information content (AvgIpc) is 3.19. The Morgan fingerprint density at radius 1 is 1.15 bits per heavy atom. The highest BCUT2D eigenvalue weighted by Crippen LogP contribution is 2.36. The van der Waals surface area contributed by atoms with Gasteiger partial charge in [0.05, 0.1) is 12.9 Å². The zero-order valence-electron chi connectivity index (χ0n) is 13.3. The molecule has 0 bridgehead atoms. The van der Waals surface area contributed by atoms with Crippen molar-refractivity contribution in [2.24, 2.45) is 0 Å². The van der Waals surface area contributed by atoms with Crippen LogP contribution < -0.4 is 0 Å². The van der Waals surface area contributed by atoms with Crippen molar-refractivity contribution in [3.8, 4) is 0 Å². The summed E-state index contributed by atoms with van der Waals surface area (Å²) < 4.78 is 8.05. The largest absolute Gasteiger partial charge is 0.394 e. The molecule has 1 aromatic carbocycles. The maximum atomic E-state index is 10.2. The number of benzene rings is 1. The van der Waals surface area contributed by atoms with Crippen LogP contribution in [0.4, 0.5) is 0 Å². The van der Waals surface area contributed by atoms with Gasteiger partial charge >= 0.3 is 0 Å². The number of halogens is 1. The third-order valence-electron chi connectivity index (χ3n) is 4.16. The molecule has 0 radical (unpaired) electrons. The number of aliphatic hydroxyl groups excluding tert-OH is 3. The van der Waals surface area contributed by atoms with Crippen LogP contribution in [0.25, 0.3) is 11.2 Å². The molecule has 0 spiro atoms. The van der Waals surface area contributed by atoms with E-state index in [0.717, 1.165) is 9.37 Å². The molecule has 1 fully saturated rings. The van der Waals surface area contributed by atoms with Gasteiger partial charge in [-0.05, 0) is 28.1 Å². The summed E-state index contributed by atoms with van der Waals surface area (Å²) in [5.74, 6) is 0. The van der Waals surface area contributed by atoms with E-state index in [2.05, 4.69) is 30.9 Å². The molecule has 1 saturated heterocycles. The van der Waals surface area contributed by atoms with Crippen molar-refractivity contribution in [2.75, 3.05) is 6.61 Å². The second-order valence-corrected chi connectivity index (χ2v) is 7.65. The Morgan fingerprint density at radius 3 is 2.69 bits per heavy atom. The first-order valence-corrected chi connectivity index (χ1v) is 9.43. The minimum atomic E-state index is -1.20. The van der Waals surface area contributed by atoms with Gasteiger partial charge in [-0.2, -0.15) is 0 Å². The Labute approximate surface area is 161 Å². The number of imidazole rings is 1. The fourth-order valence-corrected chi connectivity index (χ4v) is 4.22. The van der Waals surface area contributed by atoms with Crippen molar-refractivity contribution < 1.29 is 20.1 Å². The number of aliphatic hydroxyl groups is 3. The van der Waals surface area contributed by atoms with Crippen LogP contribution in [0.5, 0.6) is 0 Å². The lowest BCUT2D eigenvalue weighted by Crippen LogP contribution is -2.33. The quantitative estimate of drug-likeness (QED) is 0.523. The molecule has 1 aliphatic heterocycles. The van der Waals surface area contributed by atoms with Gasteiger partial charge in [0.1, 0.15) is 35.2 Å². The lowest BCUT2D eigenvalue weighted by Gasteiger charge is -2.16. The molecule has 0 aliphatic carbocycles. The van der Waals surface area contributed by atoms with Gasteiger partial charge in [0.2, 0.25) is 0 Å². The van der Waals surface area contributed by atoms with Crippen LogP contribution in [0.3, 0.4) is 0 Å². The maximum Gasteiger partial charge on any atom is 0.166 e. The molecule has 0 unspecified atom stereocenters. The number of ether oxygens (including phenoxy) is 1. The van der Waals surface area contributed by atoms with Crippen LogP contribution in [0.1, 0.15) is 6.23 Å². The molecule has 3 heterocycles. The van der Waals surface area contributed by atoms with Gasteiger partial charge in [0, 0.05) is 9.37 Å². The van der Waals surface area contributed by atoms with Crippen molar-refractivity contribution in [3.63, 3.8) is 0 Å². The zero-order valence-corrected chi connectivity index (χ0v) is 15.7. The van der Waals surface area contributed by atoms with Crippen LogP contribution >= 0.6 is 27.7 Å². The van der Waals surface area contributed by atoms with Gasteiger partial charge in [-0.15, -0.1) is 0 Å². The van der Waals surface area contributed by atoms with Crippen molar-refractivity contribution in [1.82, 2.24) is 19.5 Å². The predicted octanol–water partition coefficient (Wildman–Crippen LogP) is 1.35. The summed E-state index contributed by atoms with van der Waals surface area (Å²) in [6.07, 6.45) is -1.21. The molecule has 26 heavy (non-hydrogen) atoms. The van der Waals surface area contributed by atoms with Crippen molar-refractivity contribution in [2.45, 2.75) is 34.5 Å². The SMILES string of the molecule is OC[C@H]1O[C@@H](n2cnc3c(Sc4ccccc4Br)ncnc32)[C@H](O)[C@@H]1O. The highest BCUT2D eigenvalue weighted by Gasteiger charge is 2.44. The third kappa shape index (κ3) is 3.02. The Hall–Kier alpha value is -1.56. The minimum absolute atomic E-state index is 0.389. The van der Waals surface area contributed by atoms with Gasteiger partial charge in [0.25, 0.3) is 0 Å². The minimum Gasteiger partial charge on any atom is -0.394 e. The molecule has 10 heteroatoms. The fraction of sp³-hybridized carbons (Fsp3) is 0.312. The van der Waals surface area contributed by atoms with Gasteiger partial charge < -0.3 is 20.1 Å². The first-order valence-electron chi connectivity index (χ1n) is 7.82. The Balaban J connectivity index is 1.71. The molecule has 0 amide bonds. The number of nitrogens with zero attached hydrogens (tertiary/aromatic N) is 4. The van der Waals surface area contributed by atoms with Crippen molar-refractivity contribution in [1.29, 1.82) is 0 Å². The average molecular weight is 439 g/mol. The molecule has 136 valence electrons. The zero-order chi connectivity index (χ0) is 18.3. The van der Waals surface area contributed by atoms with E-state index in [1.54, 1.807) is 4.57 Å². The van der Waals surface area contributed by atoms with Gasteiger partial charge in [-0.1, -0.05) is 23.9 Å². The summed E-state index contributed by atoms with van der Waals surface area (Å²) in [4.78, 5) is 13.9. The maximum absolute atomic E-state index is 10.2. The van der Waals surface area contributed by atoms with E-state index in [1.807, 2.05) is 24.3 Å². The summed E-state index contributed by atoms with van der Waals surface area (Å²) in [5, 5.41) is 30.1. The number of hydrogen-bond donors (Lipinski definition) is 3. The smallest absolute Gasteiger partial charge is 0.166 e. The van der Waals surface area contributed by atoms with E-state index >= 15 is 0 Å². The van der Waals surface area contributed by atoms with Crippen LogP contribution in [0, 0.1) is 0 Å². The predicted molar refractivity (Wildman–Crippen MR) is 96.6 cm³/mol. The monoisotopic (exact) mass is 438 g/mol. The van der Waals surface area contributed by atoms with E-state index in [0.29, 0.717) is 16.2 Å². The second-order valence-electron chi connectivity index (χ2n) is 5.76. The standard InChI is InChI=1S/C16H15BrN4O4S/c17-8-3-1-2-4-10(8)26-15-11-14(18-6-19-15)21(7-20-11)16-13(24)12(23)9(5-22)25-16/h1-4,6-7,9,12-13,16,22-24H,5H2/t9-,12-,13-,16-/m1/s1. The van der Waals surface area contributed by atoms with Gasteiger partial charge in [0.15, 0.2) is 11.9 Å². The Morgan fingerprint density at radius 2 is 1.96 bits per heavy atom. The molecule has 1 aliphatic rings. The molecule has 3 N–H and O–H groups in total. The highest BCUT2D eigenvalue weighted by molar-refractivity contribution is 9.10. The van der Waals surface area contributed by atoms with E-state index in [9.17, 15) is 15.3 Å². The van der Waals surface area contributed by atoms with Crippen LogP contribution in [-0.2, 0) is 4.74 Å². The van der Waals surface area contributed by atoms with Crippen LogP contribution in [-0.4, -0.2) is 59.8 Å². The van der Waals surface area contributed by atoms with E-state index in [-0.39, 0.29) is 6.61 Å². The lowest BCUT2D eigenvalue weighted by molar-refractivity contribution is -0.0511. The molecule has 4 rings (SSSR count).